The molecule has 0 aromatic carbocycles. The Morgan fingerprint density at radius 2 is 1.75 bits per heavy atom. The second-order valence-corrected chi connectivity index (χ2v) is 5.17. The van der Waals surface area contributed by atoms with Gasteiger partial charge < -0.3 is 4.90 Å². The van der Waals surface area contributed by atoms with Crippen LogP contribution < -0.4 is 0 Å². The second kappa shape index (κ2) is 9.56. The van der Waals surface area contributed by atoms with Crippen LogP contribution in [0.15, 0.2) is 23.9 Å². The lowest BCUT2D eigenvalue weighted by Gasteiger charge is -2.27. The molecule has 4 heteroatoms. The van der Waals surface area contributed by atoms with Crippen LogP contribution in [0, 0.1) is 10.1 Å². The Morgan fingerprint density at radius 1 is 1.15 bits per heavy atom. The van der Waals surface area contributed by atoms with E-state index in [4.69, 9.17) is 0 Å². The molecule has 0 spiro atoms. The normalized spacial score (nSPS) is 23.6. The monoisotopic (exact) mass is 280 g/mol. The zero-order valence-corrected chi connectivity index (χ0v) is 12.9. The Hall–Kier alpha value is -1.32. The number of likely N-dealkylation sites (tertiary alicyclic amines) is 1. The van der Waals surface area contributed by atoms with E-state index in [9.17, 15) is 10.1 Å². The Labute approximate surface area is 122 Å². The van der Waals surface area contributed by atoms with Gasteiger partial charge in [-0.15, -0.1) is 0 Å². The summed E-state index contributed by atoms with van der Waals surface area (Å²) in [5.41, 5.74) is 1.20. The van der Waals surface area contributed by atoms with Crippen LogP contribution in [-0.2, 0) is 0 Å². The molecule has 0 radical (unpaired) electrons. The molecule has 1 atom stereocenters. The molecule has 1 heterocycles. The van der Waals surface area contributed by atoms with Crippen molar-refractivity contribution >= 4 is 0 Å². The zero-order valence-electron chi connectivity index (χ0n) is 12.9. The lowest BCUT2D eigenvalue weighted by atomic mass is 10.1. The molecule has 0 N–H and O–H groups in total. The molecule has 0 aromatic rings. The van der Waals surface area contributed by atoms with Gasteiger partial charge in [0, 0.05) is 30.1 Å². The maximum atomic E-state index is 10.8. The Balaban J connectivity index is 0.000000956. The Bertz CT molecular complexity index is 342. The van der Waals surface area contributed by atoms with Gasteiger partial charge in [0.25, 0.3) is 0 Å². The number of hydrogen-bond acceptors (Lipinski definition) is 3. The smallest absolute Gasteiger partial charge is 0.231 e. The molecule has 2 rings (SSSR count). The highest BCUT2D eigenvalue weighted by molar-refractivity contribution is 5.21. The van der Waals surface area contributed by atoms with Crippen molar-refractivity contribution in [1.29, 1.82) is 0 Å². The van der Waals surface area contributed by atoms with Crippen LogP contribution in [0.4, 0.5) is 0 Å². The minimum absolute atomic E-state index is 0.180. The van der Waals surface area contributed by atoms with Crippen molar-refractivity contribution in [2.24, 2.45) is 0 Å². The fourth-order valence-corrected chi connectivity index (χ4v) is 2.69. The van der Waals surface area contributed by atoms with E-state index in [1.807, 2.05) is 19.9 Å². The molecule has 1 aliphatic heterocycles. The molecule has 1 aliphatic carbocycles. The SMILES string of the molecule is CC.O=[N+]([O-])C1C=CC(N2CCCCCCC2)=CCC1. The zero-order chi connectivity index (χ0) is 14.8. The van der Waals surface area contributed by atoms with Crippen LogP contribution in [-0.4, -0.2) is 29.0 Å². The first kappa shape index (κ1) is 16.7. The van der Waals surface area contributed by atoms with Gasteiger partial charge in [0.1, 0.15) is 0 Å². The van der Waals surface area contributed by atoms with Crippen LogP contribution in [0.2, 0.25) is 0 Å². The van der Waals surface area contributed by atoms with E-state index < -0.39 is 6.04 Å². The van der Waals surface area contributed by atoms with E-state index in [0.717, 1.165) is 19.5 Å². The molecule has 114 valence electrons. The summed E-state index contributed by atoms with van der Waals surface area (Å²) in [6.07, 6.45) is 13.8. The Kier molecular flexibility index (Phi) is 8.00. The second-order valence-electron chi connectivity index (χ2n) is 5.17. The molecule has 0 amide bonds. The van der Waals surface area contributed by atoms with E-state index in [-0.39, 0.29) is 4.92 Å². The van der Waals surface area contributed by atoms with Gasteiger partial charge in [0.05, 0.1) is 0 Å². The molecule has 0 bridgehead atoms. The third kappa shape index (κ3) is 5.35. The predicted molar refractivity (Wildman–Crippen MR) is 83.2 cm³/mol. The van der Waals surface area contributed by atoms with Crippen molar-refractivity contribution in [2.45, 2.75) is 64.8 Å². The lowest BCUT2D eigenvalue weighted by molar-refractivity contribution is -0.509. The summed E-state index contributed by atoms with van der Waals surface area (Å²) in [6.45, 7) is 6.19. The molecule has 0 aromatic heterocycles. The first-order valence-electron chi connectivity index (χ1n) is 8.04. The van der Waals surface area contributed by atoms with E-state index in [0.29, 0.717) is 6.42 Å². The lowest BCUT2D eigenvalue weighted by Crippen LogP contribution is -2.26. The Morgan fingerprint density at radius 3 is 2.35 bits per heavy atom. The minimum Gasteiger partial charge on any atom is -0.372 e. The average molecular weight is 280 g/mol. The fourth-order valence-electron chi connectivity index (χ4n) is 2.69. The highest BCUT2D eigenvalue weighted by atomic mass is 16.6. The third-order valence-corrected chi connectivity index (χ3v) is 3.80. The van der Waals surface area contributed by atoms with Gasteiger partial charge in [-0.05, 0) is 31.4 Å². The molecule has 0 saturated carbocycles. The quantitative estimate of drug-likeness (QED) is 0.563. The third-order valence-electron chi connectivity index (χ3n) is 3.80. The summed E-state index contributed by atoms with van der Waals surface area (Å²) in [7, 11) is 0. The number of allylic oxidation sites excluding steroid dienone is 2. The molecule has 4 nitrogen and oxygen atoms in total. The molecule has 20 heavy (non-hydrogen) atoms. The summed E-state index contributed by atoms with van der Waals surface area (Å²) in [5, 5.41) is 10.8. The summed E-state index contributed by atoms with van der Waals surface area (Å²) >= 11 is 0. The van der Waals surface area contributed by atoms with Crippen molar-refractivity contribution in [3.8, 4) is 0 Å². The maximum Gasteiger partial charge on any atom is 0.231 e. The van der Waals surface area contributed by atoms with Gasteiger partial charge in [-0.3, -0.25) is 10.1 Å². The van der Waals surface area contributed by atoms with E-state index in [2.05, 4.69) is 11.0 Å². The van der Waals surface area contributed by atoms with Crippen LogP contribution >= 0.6 is 0 Å². The topological polar surface area (TPSA) is 46.4 Å². The van der Waals surface area contributed by atoms with Crippen molar-refractivity contribution in [2.75, 3.05) is 13.1 Å². The van der Waals surface area contributed by atoms with Crippen LogP contribution in [0.1, 0.15) is 58.8 Å². The predicted octanol–water partition coefficient (Wildman–Crippen LogP) is 4.16. The summed E-state index contributed by atoms with van der Waals surface area (Å²) in [6, 6.07) is -0.506. The van der Waals surface area contributed by atoms with Crippen LogP contribution in [0.3, 0.4) is 0 Å². The molecular formula is C16H28N2O2. The molecule has 1 unspecified atom stereocenters. The molecular weight excluding hydrogens is 252 g/mol. The highest BCUT2D eigenvalue weighted by Crippen LogP contribution is 2.20. The standard InChI is InChI=1S/C14H22N2O2.C2H6/c17-16(18)14-8-6-7-13(9-10-14)15-11-4-2-1-3-5-12-15;1-2/h7,9-10,14H,1-6,8,11-12H2;1-2H3. The van der Waals surface area contributed by atoms with Gasteiger partial charge in [0.2, 0.25) is 6.04 Å². The molecule has 1 fully saturated rings. The maximum absolute atomic E-state index is 10.8. The van der Waals surface area contributed by atoms with Crippen molar-refractivity contribution in [1.82, 2.24) is 4.90 Å². The van der Waals surface area contributed by atoms with Crippen molar-refractivity contribution in [3.63, 3.8) is 0 Å². The minimum atomic E-state index is -0.506. The first-order chi connectivity index (χ1) is 9.77. The fraction of sp³-hybridized carbons (Fsp3) is 0.750. The van der Waals surface area contributed by atoms with Gasteiger partial charge in [-0.2, -0.15) is 0 Å². The first-order valence-corrected chi connectivity index (χ1v) is 8.04. The van der Waals surface area contributed by atoms with Crippen LogP contribution in [0.25, 0.3) is 0 Å². The van der Waals surface area contributed by atoms with E-state index in [1.165, 1.54) is 37.8 Å². The van der Waals surface area contributed by atoms with E-state index in [1.54, 1.807) is 6.08 Å². The summed E-state index contributed by atoms with van der Waals surface area (Å²) < 4.78 is 0. The van der Waals surface area contributed by atoms with Gasteiger partial charge in [-0.25, -0.2) is 0 Å². The average Bonchev–Trinajstić information content (AvgIpc) is 2.67. The van der Waals surface area contributed by atoms with Crippen LogP contribution in [0.5, 0.6) is 0 Å². The van der Waals surface area contributed by atoms with Gasteiger partial charge >= 0.3 is 0 Å². The van der Waals surface area contributed by atoms with Crippen molar-refractivity contribution < 1.29 is 4.92 Å². The number of nitro groups is 1. The number of nitrogens with zero attached hydrogens (tertiary/aromatic N) is 2. The summed E-state index contributed by atoms with van der Waals surface area (Å²) in [5.74, 6) is 0. The molecule has 1 saturated heterocycles. The van der Waals surface area contributed by atoms with Crippen molar-refractivity contribution in [3.05, 3.63) is 34.0 Å². The highest BCUT2D eigenvalue weighted by Gasteiger charge is 2.19. The van der Waals surface area contributed by atoms with Gasteiger partial charge in [-0.1, -0.05) is 39.2 Å². The number of rotatable bonds is 2. The van der Waals surface area contributed by atoms with Gasteiger partial charge in [0.15, 0.2) is 0 Å². The number of hydrogen-bond donors (Lipinski definition) is 0. The summed E-state index contributed by atoms with van der Waals surface area (Å²) in [4.78, 5) is 13.0. The molecule has 2 aliphatic rings. The largest absolute Gasteiger partial charge is 0.372 e. The van der Waals surface area contributed by atoms with E-state index >= 15 is 0 Å².